The summed E-state index contributed by atoms with van der Waals surface area (Å²) in [7, 11) is 0. The normalized spacial score (nSPS) is 19.7. The molecule has 228 valence electrons. The van der Waals surface area contributed by atoms with E-state index in [1.54, 1.807) is 0 Å². The molecule has 5 aromatic rings. The fourth-order valence-corrected chi connectivity index (χ4v) is 8.32. The van der Waals surface area contributed by atoms with Crippen LogP contribution in [0.4, 0.5) is 17.1 Å². The Morgan fingerprint density at radius 3 is 2.26 bits per heavy atom. The predicted octanol–water partition coefficient (Wildman–Crippen LogP) is 11.5. The molecule has 0 N–H and O–H groups in total. The highest BCUT2D eigenvalue weighted by atomic mass is 15.2. The molecule has 2 nitrogen and oxygen atoms in total. The van der Waals surface area contributed by atoms with Crippen molar-refractivity contribution >= 4 is 17.1 Å². The van der Waals surface area contributed by atoms with Gasteiger partial charge in [-0.05, 0) is 100 Å². The van der Waals surface area contributed by atoms with Crippen LogP contribution >= 0.6 is 0 Å². The molecule has 1 heterocycles. The second-order valence-electron chi connectivity index (χ2n) is 13.7. The summed E-state index contributed by atoms with van der Waals surface area (Å²) in [6.45, 7) is 4.73. The lowest BCUT2D eigenvalue weighted by molar-refractivity contribution is 0.660. The molecule has 9 rings (SSSR count). The Morgan fingerprint density at radius 2 is 1.43 bits per heavy atom. The third-order valence-corrected chi connectivity index (χ3v) is 10.7. The van der Waals surface area contributed by atoms with Crippen LogP contribution in [0.15, 0.2) is 169 Å². The topological polar surface area (TPSA) is 6.48 Å². The largest absolute Gasteiger partial charge is 0.337 e. The number of benzene rings is 5. The Hall–Kier alpha value is -5.34. The first-order valence-corrected chi connectivity index (χ1v) is 16.9. The van der Waals surface area contributed by atoms with E-state index in [0.29, 0.717) is 5.92 Å². The zero-order valence-corrected chi connectivity index (χ0v) is 27.0. The van der Waals surface area contributed by atoms with E-state index in [0.717, 1.165) is 18.5 Å². The van der Waals surface area contributed by atoms with Gasteiger partial charge >= 0.3 is 0 Å². The highest BCUT2D eigenvalue weighted by Crippen LogP contribution is 2.52. The maximum Gasteiger partial charge on any atom is 0.0646 e. The van der Waals surface area contributed by atoms with Crippen LogP contribution in [-0.2, 0) is 5.41 Å². The van der Waals surface area contributed by atoms with Gasteiger partial charge in [-0.2, -0.15) is 0 Å². The van der Waals surface area contributed by atoms with Crippen molar-refractivity contribution in [1.82, 2.24) is 0 Å². The standard InChI is InChI=1S/C45H38N2/c1-45(2)41-19-11-9-17-37(41)38-27-25-35(29-42(38)45)46(34-23-21-32(22-24-34)31-13-5-3-6-14-31)36-26-28-40-39-18-10-12-20-43(39)47(44(40)30-36)33-15-7-4-8-16-33/h3-7,9-15,17-30,40,44H,8,16H2,1-2H3/t40-,44?/m1/s1. The van der Waals surface area contributed by atoms with E-state index in [-0.39, 0.29) is 11.5 Å². The summed E-state index contributed by atoms with van der Waals surface area (Å²) in [6, 6.07) is 44.9. The van der Waals surface area contributed by atoms with Crippen LogP contribution in [0.1, 0.15) is 49.3 Å². The van der Waals surface area contributed by atoms with Crippen LogP contribution in [0.2, 0.25) is 0 Å². The summed E-state index contributed by atoms with van der Waals surface area (Å²) in [6.07, 6.45) is 16.3. The maximum absolute atomic E-state index is 2.60. The average molecular weight is 607 g/mol. The van der Waals surface area contributed by atoms with Gasteiger partial charge in [0.25, 0.3) is 0 Å². The summed E-state index contributed by atoms with van der Waals surface area (Å²) < 4.78 is 0. The van der Waals surface area contributed by atoms with E-state index in [1.807, 2.05) is 0 Å². The minimum absolute atomic E-state index is 0.0719. The summed E-state index contributed by atoms with van der Waals surface area (Å²) in [5.41, 5.74) is 15.6. The van der Waals surface area contributed by atoms with Crippen molar-refractivity contribution in [2.24, 2.45) is 0 Å². The second kappa shape index (κ2) is 10.9. The van der Waals surface area contributed by atoms with Gasteiger partial charge in [-0.3, -0.25) is 0 Å². The number of hydrogen-bond donors (Lipinski definition) is 0. The van der Waals surface area contributed by atoms with Crippen molar-refractivity contribution in [2.75, 3.05) is 9.80 Å². The fourth-order valence-electron chi connectivity index (χ4n) is 8.32. The molecular weight excluding hydrogens is 569 g/mol. The minimum atomic E-state index is -0.0719. The summed E-state index contributed by atoms with van der Waals surface area (Å²) in [5, 5.41) is 0. The Balaban J connectivity index is 1.18. The number of fused-ring (bicyclic) bond motifs is 6. The Bertz CT molecular complexity index is 2130. The third kappa shape index (κ3) is 4.47. The Labute approximate surface area is 278 Å². The van der Waals surface area contributed by atoms with Crippen LogP contribution in [-0.4, -0.2) is 6.04 Å². The quantitative estimate of drug-likeness (QED) is 0.196. The lowest BCUT2D eigenvalue weighted by Gasteiger charge is -2.35. The lowest BCUT2D eigenvalue weighted by Crippen LogP contribution is -2.34. The van der Waals surface area contributed by atoms with Crippen LogP contribution in [0, 0.1) is 0 Å². The summed E-state index contributed by atoms with van der Waals surface area (Å²) in [4.78, 5) is 5.07. The van der Waals surface area contributed by atoms with E-state index in [1.165, 1.54) is 61.7 Å². The lowest BCUT2D eigenvalue weighted by atomic mass is 9.82. The fraction of sp³-hybridized carbons (Fsp3) is 0.156. The molecule has 0 saturated carbocycles. The summed E-state index contributed by atoms with van der Waals surface area (Å²) >= 11 is 0. The van der Waals surface area contributed by atoms with Gasteiger partial charge < -0.3 is 9.80 Å². The number of nitrogens with zero attached hydrogens (tertiary/aromatic N) is 2. The average Bonchev–Trinajstić information content (AvgIpc) is 3.58. The Kier molecular flexibility index (Phi) is 6.47. The van der Waals surface area contributed by atoms with Crippen LogP contribution in [0.25, 0.3) is 22.3 Å². The molecule has 0 saturated heterocycles. The van der Waals surface area contributed by atoms with Crippen LogP contribution < -0.4 is 9.80 Å². The molecule has 5 aromatic carbocycles. The monoisotopic (exact) mass is 606 g/mol. The van der Waals surface area contributed by atoms with Gasteiger partial charge in [0.2, 0.25) is 0 Å². The van der Waals surface area contributed by atoms with Crippen molar-refractivity contribution < 1.29 is 0 Å². The van der Waals surface area contributed by atoms with Crippen molar-refractivity contribution in [3.05, 3.63) is 186 Å². The van der Waals surface area contributed by atoms with Gasteiger partial charge in [0, 0.05) is 39.8 Å². The molecule has 0 aromatic heterocycles. The van der Waals surface area contributed by atoms with E-state index < -0.39 is 0 Å². The van der Waals surface area contributed by atoms with Crippen LogP contribution in [0.5, 0.6) is 0 Å². The van der Waals surface area contributed by atoms with Gasteiger partial charge in [0.15, 0.2) is 0 Å². The molecule has 47 heavy (non-hydrogen) atoms. The molecule has 1 unspecified atom stereocenters. The van der Waals surface area contributed by atoms with Gasteiger partial charge in [0.1, 0.15) is 0 Å². The number of rotatable bonds is 5. The van der Waals surface area contributed by atoms with E-state index >= 15 is 0 Å². The molecule has 2 heteroatoms. The van der Waals surface area contributed by atoms with Crippen molar-refractivity contribution in [1.29, 1.82) is 0 Å². The molecule has 3 aliphatic carbocycles. The van der Waals surface area contributed by atoms with Crippen LogP contribution in [0.3, 0.4) is 0 Å². The highest BCUT2D eigenvalue weighted by molar-refractivity contribution is 5.85. The highest BCUT2D eigenvalue weighted by Gasteiger charge is 2.40. The molecule has 1 aliphatic heterocycles. The van der Waals surface area contributed by atoms with E-state index in [9.17, 15) is 0 Å². The summed E-state index contributed by atoms with van der Waals surface area (Å²) in [5.74, 6) is 0.317. The third-order valence-electron chi connectivity index (χ3n) is 10.7. The first-order valence-electron chi connectivity index (χ1n) is 16.9. The molecule has 2 atom stereocenters. The molecule has 0 spiro atoms. The smallest absolute Gasteiger partial charge is 0.0646 e. The van der Waals surface area contributed by atoms with Gasteiger partial charge in [-0.25, -0.2) is 0 Å². The van der Waals surface area contributed by atoms with Crippen molar-refractivity contribution in [2.45, 2.75) is 44.1 Å². The van der Waals surface area contributed by atoms with Crippen molar-refractivity contribution in [3.63, 3.8) is 0 Å². The van der Waals surface area contributed by atoms with E-state index in [4.69, 9.17) is 0 Å². The maximum atomic E-state index is 2.60. The molecule has 0 bridgehead atoms. The first-order chi connectivity index (χ1) is 23.1. The second-order valence-corrected chi connectivity index (χ2v) is 13.7. The minimum Gasteiger partial charge on any atom is -0.337 e. The zero-order valence-electron chi connectivity index (χ0n) is 27.0. The molecule has 0 fully saturated rings. The Morgan fingerprint density at radius 1 is 0.702 bits per heavy atom. The van der Waals surface area contributed by atoms with Gasteiger partial charge in [-0.15, -0.1) is 0 Å². The molecule has 4 aliphatic rings. The predicted molar refractivity (Wildman–Crippen MR) is 197 cm³/mol. The molecule has 0 radical (unpaired) electrons. The van der Waals surface area contributed by atoms with Gasteiger partial charge in [-0.1, -0.05) is 123 Å². The van der Waals surface area contributed by atoms with Gasteiger partial charge in [0.05, 0.1) is 6.04 Å². The van der Waals surface area contributed by atoms with E-state index in [2.05, 4.69) is 181 Å². The number of allylic oxidation sites excluding steroid dienone is 5. The SMILES string of the molecule is CC1(C)c2ccccc2-c2ccc(N(C3=CC4[C@H](C=C3)c3ccccc3N4C3=CC=CCC3)c3ccc(-c4ccccc4)cc3)cc21. The molecule has 0 amide bonds. The first kappa shape index (κ1) is 27.9. The number of hydrogen-bond acceptors (Lipinski definition) is 2. The number of para-hydroxylation sites is 1. The van der Waals surface area contributed by atoms with Crippen molar-refractivity contribution in [3.8, 4) is 22.3 Å². The zero-order chi connectivity index (χ0) is 31.5. The molecular formula is C45H38N2. The number of anilines is 3.